The van der Waals surface area contributed by atoms with Gasteiger partial charge in [0.1, 0.15) is 5.75 Å². The zero-order valence-electron chi connectivity index (χ0n) is 17.8. The first-order valence-electron chi connectivity index (χ1n) is 10.9. The molecule has 1 amide bonds. The Morgan fingerprint density at radius 2 is 2.03 bits per heavy atom. The van der Waals surface area contributed by atoms with Gasteiger partial charge >= 0.3 is 6.36 Å². The van der Waals surface area contributed by atoms with Crippen LogP contribution < -0.4 is 10.1 Å². The number of aromatic nitrogens is 2. The number of alkyl halides is 3. The highest BCUT2D eigenvalue weighted by Crippen LogP contribution is 2.29. The highest BCUT2D eigenvalue weighted by Gasteiger charge is 2.33. The first-order chi connectivity index (χ1) is 15.4. The molecule has 1 aromatic heterocycles. The summed E-state index contributed by atoms with van der Waals surface area (Å²) in [5.74, 6) is -0.237. The number of hydrogen-bond donors (Lipinski definition) is 1. The number of amides is 1. The van der Waals surface area contributed by atoms with Crippen LogP contribution in [0.15, 0.2) is 36.9 Å². The van der Waals surface area contributed by atoms with E-state index in [0.717, 1.165) is 50.0 Å². The van der Waals surface area contributed by atoms with Gasteiger partial charge in [0.05, 0.1) is 6.54 Å². The summed E-state index contributed by atoms with van der Waals surface area (Å²) in [7, 11) is 0. The van der Waals surface area contributed by atoms with Crippen LogP contribution in [0.2, 0.25) is 0 Å². The van der Waals surface area contributed by atoms with Crippen LogP contribution in [-0.4, -0.2) is 46.1 Å². The molecule has 0 bridgehead atoms. The van der Waals surface area contributed by atoms with Gasteiger partial charge < -0.3 is 15.0 Å². The molecule has 1 fully saturated rings. The van der Waals surface area contributed by atoms with Crippen molar-refractivity contribution in [1.82, 2.24) is 20.0 Å². The van der Waals surface area contributed by atoms with Crippen molar-refractivity contribution in [2.45, 2.75) is 57.6 Å². The summed E-state index contributed by atoms with van der Waals surface area (Å²) in [6.45, 7) is 6.06. The Morgan fingerprint density at radius 3 is 2.75 bits per heavy atom. The Kier molecular flexibility index (Phi) is 6.55. The Labute approximate surface area is 185 Å². The topological polar surface area (TPSA) is 59.4 Å². The molecule has 0 unspecified atom stereocenters. The molecule has 1 aromatic carbocycles. The first kappa shape index (κ1) is 22.4. The van der Waals surface area contributed by atoms with Crippen LogP contribution in [0.1, 0.15) is 46.6 Å². The standard InChI is InChI=1S/C23H27F3N4O2/c1-2-11-30-19-10-9-17(14-18(19)21(28-30)22(31)29-12-5-6-13-29)27-15-16-7-3-4-8-20(16)32-23(24,25)26/h2-4,7-8,17,27H,1,5-6,9-15H2/t17-/m1/s1. The van der Waals surface area contributed by atoms with E-state index in [9.17, 15) is 18.0 Å². The molecule has 0 saturated carbocycles. The van der Waals surface area contributed by atoms with Crippen molar-refractivity contribution >= 4 is 5.91 Å². The minimum absolute atomic E-state index is 0.0213. The minimum Gasteiger partial charge on any atom is -0.405 e. The van der Waals surface area contributed by atoms with Gasteiger partial charge in [-0.1, -0.05) is 24.3 Å². The van der Waals surface area contributed by atoms with E-state index in [1.807, 2.05) is 9.58 Å². The van der Waals surface area contributed by atoms with Crippen LogP contribution in [0.25, 0.3) is 0 Å². The van der Waals surface area contributed by atoms with Crippen LogP contribution in [0.4, 0.5) is 13.2 Å². The SMILES string of the molecule is C=CCn1nc(C(=O)N2CCCC2)c2c1CC[C@@H](NCc1ccccc1OC(F)(F)F)C2. The summed E-state index contributed by atoms with van der Waals surface area (Å²) in [5, 5.41) is 7.97. The highest BCUT2D eigenvalue weighted by atomic mass is 19.4. The van der Waals surface area contributed by atoms with Crippen LogP contribution in [0.3, 0.4) is 0 Å². The number of hydrogen-bond acceptors (Lipinski definition) is 4. The van der Waals surface area contributed by atoms with E-state index in [0.29, 0.717) is 24.2 Å². The first-order valence-corrected chi connectivity index (χ1v) is 10.9. The van der Waals surface area contributed by atoms with E-state index in [1.54, 1.807) is 18.2 Å². The molecule has 1 aliphatic heterocycles. The summed E-state index contributed by atoms with van der Waals surface area (Å²) < 4.78 is 44.1. The molecule has 0 radical (unpaired) electrons. The largest absolute Gasteiger partial charge is 0.573 e. The number of rotatable bonds is 7. The molecule has 2 aromatic rings. The summed E-state index contributed by atoms with van der Waals surface area (Å²) in [6, 6.07) is 6.16. The van der Waals surface area contributed by atoms with Gasteiger partial charge in [0.25, 0.3) is 5.91 Å². The number of carbonyl (C=O) groups is 1. The number of allylic oxidation sites excluding steroid dienone is 1. The van der Waals surface area contributed by atoms with Gasteiger partial charge in [0.2, 0.25) is 0 Å². The third-order valence-corrected chi connectivity index (χ3v) is 6.02. The van der Waals surface area contributed by atoms with E-state index < -0.39 is 6.36 Å². The van der Waals surface area contributed by atoms with Crippen molar-refractivity contribution in [2.75, 3.05) is 13.1 Å². The monoisotopic (exact) mass is 448 g/mol. The molecule has 0 spiro atoms. The average molecular weight is 448 g/mol. The number of likely N-dealkylation sites (tertiary alicyclic amines) is 1. The number of halogens is 3. The fourth-order valence-corrected chi connectivity index (χ4v) is 4.51. The summed E-state index contributed by atoms with van der Waals surface area (Å²) in [6.07, 6.45) is 1.18. The number of carbonyl (C=O) groups excluding carboxylic acids is 1. The Morgan fingerprint density at radius 1 is 1.28 bits per heavy atom. The molecule has 6 nitrogen and oxygen atoms in total. The Bertz CT molecular complexity index is 980. The van der Waals surface area contributed by atoms with Crippen molar-refractivity contribution < 1.29 is 22.7 Å². The van der Waals surface area contributed by atoms with E-state index >= 15 is 0 Å². The maximum atomic E-state index is 13.1. The maximum absolute atomic E-state index is 13.1. The van der Waals surface area contributed by atoms with Crippen LogP contribution in [-0.2, 0) is 25.9 Å². The summed E-state index contributed by atoms with van der Waals surface area (Å²) >= 11 is 0. The lowest BCUT2D eigenvalue weighted by Crippen LogP contribution is -2.36. The molecule has 1 aliphatic carbocycles. The van der Waals surface area contributed by atoms with Gasteiger partial charge in [-0.05, 0) is 38.2 Å². The molecular weight excluding hydrogens is 421 g/mol. The summed E-state index contributed by atoms with van der Waals surface area (Å²) in [4.78, 5) is 14.9. The Balaban J connectivity index is 1.50. The second-order valence-corrected chi connectivity index (χ2v) is 8.22. The average Bonchev–Trinajstić information content (AvgIpc) is 3.40. The van der Waals surface area contributed by atoms with Crippen molar-refractivity contribution in [3.05, 3.63) is 59.4 Å². The van der Waals surface area contributed by atoms with Gasteiger partial charge in [0.15, 0.2) is 5.69 Å². The molecule has 1 N–H and O–H groups in total. The number of fused-ring (bicyclic) bond motifs is 1. The third-order valence-electron chi connectivity index (χ3n) is 6.02. The molecule has 2 aliphatic rings. The molecule has 4 rings (SSSR count). The molecular formula is C23H27F3N4O2. The van der Waals surface area contributed by atoms with Crippen LogP contribution in [0.5, 0.6) is 5.75 Å². The maximum Gasteiger partial charge on any atom is 0.573 e. The molecule has 2 heterocycles. The lowest BCUT2D eigenvalue weighted by atomic mass is 9.91. The number of nitrogens with one attached hydrogen (secondary N) is 1. The molecule has 1 atom stereocenters. The van der Waals surface area contributed by atoms with E-state index in [-0.39, 0.29) is 24.2 Å². The van der Waals surface area contributed by atoms with Gasteiger partial charge in [-0.3, -0.25) is 9.48 Å². The minimum atomic E-state index is -4.74. The zero-order chi connectivity index (χ0) is 22.7. The predicted molar refractivity (Wildman–Crippen MR) is 113 cm³/mol. The van der Waals surface area contributed by atoms with E-state index in [1.165, 1.54) is 12.1 Å². The van der Waals surface area contributed by atoms with E-state index in [2.05, 4.69) is 21.7 Å². The second kappa shape index (κ2) is 9.36. The predicted octanol–water partition coefficient (Wildman–Crippen LogP) is 3.85. The third kappa shape index (κ3) is 4.98. The lowest BCUT2D eigenvalue weighted by Gasteiger charge is -2.25. The van der Waals surface area contributed by atoms with Gasteiger partial charge in [-0.2, -0.15) is 5.10 Å². The summed E-state index contributed by atoms with van der Waals surface area (Å²) in [5.41, 5.74) is 2.92. The second-order valence-electron chi connectivity index (χ2n) is 8.22. The molecule has 1 saturated heterocycles. The molecule has 172 valence electrons. The van der Waals surface area contributed by atoms with Crippen LogP contribution in [0, 0.1) is 0 Å². The van der Waals surface area contributed by atoms with E-state index in [4.69, 9.17) is 0 Å². The van der Waals surface area contributed by atoms with Gasteiger partial charge in [0, 0.05) is 42.5 Å². The van der Waals surface area contributed by atoms with Crippen molar-refractivity contribution in [1.29, 1.82) is 0 Å². The molecule has 32 heavy (non-hydrogen) atoms. The quantitative estimate of drug-likeness (QED) is 0.654. The normalized spacial score (nSPS) is 18.5. The number of para-hydroxylation sites is 1. The van der Waals surface area contributed by atoms with Gasteiger partial charge in [-0.15, -0.1) is 19.8 Å². The fraction of sp³-hybridized carbons (Fsp3) is 0.478. The number of benzene rings is 1. The number of ether oxygens (including phenoxy) is 1. The van der Waals surface area contributed by atoms with Crippen molar-refractivity contribution in [2.24, 2.45) is 0 Å². The van der Waals surface area contributed by atoms with Crippen molar-refractivity contribution in [3.63, 3.8) is 0 Å². The fourth-order valence-electron chi connectivity index (χ4n) is 4.51. The smallest absolute Gasteiger partial charge is 0.405 e. The lowest BCUT2D eigenvalue weighted by molar-refractivity contribution is -0.274. The zero-order valence-corrected chi connectivity index (χ0v) is 17.8. The van der Waals surface area contributed by atoms with Crippen LogP contribution >= 0.6 is 0 Å². The number of nitrogens with zero attached hydrogens (tertiary/aromatic N) is 3. The van der Waals surface area contributed by atoms with Gasteiger partial charge in [-0.25, -0.2) is 0 Å². The Hall–Kier alpha value is -2.81. The highest BCUT2D eigenvalue weighted by molar-refractivity contribution is 5.94. The van der Waals surface area contributed by atoms with Crippen molar-refractivity contribution in [3.8, 4) is 5.75 Å². The molecule has 9 heteroatoms.